The van der Waals surface area contributed by atoms with Gasteiger partial charge < -0.3 is 0 Å². The molecule has 3 nitrogen and oxygen atoms in total. The largest absolute Gasteiger partial charge is 0.228 e. The van der Waals surface area contributed by atoms with Crippen LogP contribution in [0, 0.1) is 6.92 Å². The molecule has 0 aliphatic heterocycles. The van der Waals surface area contributed by atoms with Gasteiger partial charge in [-0.15, -0.1) is 0 Å². The summed E-state index contributed by atoms with van der Waals surface area (Å²) in [5, 5.41) is 6.05. The number of rotatable bonds is 2. The van der Waals surface area contributed by atoms with Crippen LogP contribution in [0.5, 0.6) is 0 Å². The van der Waals surface area contributed by atoms with Gasteiger partial charge in [0.25, 0.3) is 0 Å². The van der Waals surface area contributed by atoms with Crippen LogP contribution in [0.15, 0.2) is 72.8 Å². The van der Waals surface area contributed by atoms with Crippen molar-refractivity contribution < 1.29 is 0 Å². The first kappa shape index (κ1) is 15.1. The van der Waals surface area contributed by atoms with Crippen LogP contribution in [0.3, 0.4) is 0 Å². The Morgan fingerprint density at radius 3 is 2.62 bits per heavy atom. The van der Waals surface area contributed by atoms with E-state index >= 15 is 0 Å². The number of aromatic nitrogens is 3. The topological polar surface area (TPSA) is 30.2 Å². The standard InChI is InChI=1S/C23H19N3/c1-16-11-13-18(14-12-16)23-24-20-10-6-5-9-19(20)22-15-21(25-26(22)23)17-7-3-2-4-8-17/h3,5-15H,2,4H2,1H3. The van der Waals surface area contributed by atoms with Crippen LogP contribution in [0.4, 0.5) is 0 Å². The van der Waals surface area contributed by atoms with Crippen molar-refractivity contribution in [3.05, 3.63) is 84.1 Å². The van der Waals surface area contributed by atoms with Gasteiger partial charge in [0, 0.05) is 10.9 Å². The number of hydrogen-bond donors (Lipinski definition) is 0. The van der Waals surface area contributed by atoms with Crippen LogP contribution in [-0.4, -0.2) is 14.6 Å². The maximum atomic E-state index is 4.92. The highest BCUT2D eigenvalue weighted by atomic mass is 15.3. The SMILES string of the molecule is Cc1ccc(-c2nc3ccccc3c3cc(C4=CCCC=C4)nn23)cc1. The molecule has 26 heavy (non-hydrogen) atoms. The molecule has 3 heteroatoms. The number of para-hydroxylation sites is 1. The molecule has 5 rings (SSSR count). The second-order valence-electron chi connectivity index (χ2n) is 6.78. The van der Waals surface area contributed by atoms with Gasteiger partial charge in [-0.05, 0) is 37.5 Å². The molecule has 0 radical (unpaired) electrons. The zero-order valence-electron chi connectivity index (χ0n) is 14.7. The summed E-state index contributed by atoms with van der Waals surface area (Å²) < 4.78 is 1.99. The Bertz CT molecular complexity index is 1180. The van der Waals surface area contributed by atoms with Crippen LogP contribution in [-0.2, 0) is 0 Å². The summed E-state index contributed by atoms with van der Waals surface area (Å²) in [6, 6.07) is 18.9. The van der Waals surface area contributed by atoms with Gasteiger partial charge in [0.15, 0.2) is 5.82 Å². The lowest BCUT2D eigenvalue weighted by atomic mass is 10.0. The predicted molar refractivity (Wildman–Crippen MR) is 107 cm³/mol. The lowest BCUT2D eigenvalue weighted by Crippen LogP contribution is -1.99. The maximum absolute atomic E-state index is 4.92. The van der Waals surface area contributed by atoms with E-state index < -0.39 is 0 Å². The van der Waals surface area contributed by atoms with Crippen LogP contribution in [0.25, 0.3) is 33.4 Å². The molecule has 0 unspecified atom stereocenters. The fourth-order valence-electron chi connectivity index (χ4n) is 3.52. The van der Waals surface area contributed by atoms with E-state index in [0.29, 0.717) is 0 Å². The van der Waals surface area contributed by atoms with Crippen LogP contribution >= 0.6 is 0 Å². The summed E-state index contributed by atoms with van der Waals surface area (Å²) in [5.74, 6) is 0.880. The first-order chi connectivity index (χ1) is 12.8. The molecule has 0 N–H and O–H groups in total. The summed E-state index contributed by atoms with van der Waals surface area (Å²) >= 11 is 0. The van der Waals surface area contributed by atoms with E-state index in [1.807, 2.05) is 10.6 Å². The third-order valence-electron chi connectivity index (χ3n) is 4.92. The maximum Gasteiger partial charge on any atom is 0.161 e. The van der Waals surface area contributed by atoms with Crippen molar-refractivity contribution in [2.24, 2.45) is 0 Å². The van der Waals surface area contributed by atoms with Crippen LogP contribution < -0.4 is 0 Å². The monoisotopic (exact) mass is 337 g/mol. The molecule has 0 amide bonds. The van der Waals surface area contributed by atoms with Gasteiger partial charge in [-0.3, -0.25) is 0 Å². The summed E-state index contributed by atoms with van der Waals surface area (Å²) in [6.45, 7) is 2.10. The first-order valence-electron chi connectivity index (χ1n) is 9.02. The Balaban J connectivity index is 1.82. The normalized spacial score (nSPS) is 14.1. The third-order valence-corrected chi connectivity index (χ3v) is 4.92. The quantitative estimate of drug-likeness (QED) is 0.477. The fourth-order valence-corrected chi connectivity index (χ4v) is 3.52. The lowest BCUT2D eigenvalue weighted by Gasteiger charge is -2.08. The van der Waals surface area contributed by atoms with Gasteiger partial charge >= 0.3 is 0 Å². The highest BCUT2D eigenvalue weighted by Gasteiger charge is 2.15. The molecule has 2 heterocycles. The molecular weight excluding hydrogens is 318 g/mol. The number of hydrogen-bond acceptors (Lipinski definition) is 2. The van der Waals surface area contributed by atoms with Crippen molar-refractivity contribution in [2.45, 2.75) is 19.8 Å². The Morgan fingerprint density at radius 1 is 0.962 bits per heavy atom. The molecule has 2 aromatic carbocycles. The molecule has 0 spiro atoms. The zero-order chi connectivity index (χ0) is 17.5. The smallest absolute Gasteiger partial charge is 0.161 e. The third kappa shape index (κ3) is 2.44. The highest BCUT2D eigenvalue weighted by molar-refractivity contribution is 5.96. The first-order valence-corrected chi connectivity index (χ1v) is 9.02. The minimum absolute atomic E-state index is 0.880. The van der Waals surface area contributed by atoms with Crippen molar-refractivity contribution >= 4 is 22.0 Å². The minimum atomic E-state index is 0.880. The van der Waals surface area contributed by atoms with Crippen molar-refractivity contribution in [3.8, 4) is 11.4 Å². The van der Waals surface area contributed by atoms with E-state index in [1.54, 1.807) is 0 Å². The molecule has 126 valence electrons. The van der Waals surface area contributed by atoms with Crippen molar-refractivity contribution in [2.75, 3.05) is 0 Å². The average Bonchev–Trinajstić information content (AvgIpc) is 3.14. The van der Waals surface area contributed by atoms with Gasteiger partial charge in [-0.2, -0.15) is 5.10 Å². The van der Waals surface area contributed by atoms with Gasteiger partial charge in [-0.25, -0.2) is 9.50 Å². The van der Waals surface area contributed by atoms with E-state index in [2.05, 4.69) is 73.7 Å². The van der Waals surface area contributed by atoms with Crippen molar-refractivity contribution in [1.82, 2.24) is 14.6 Å². The molecule has 0 atom stereocenters. The predicted octanol–water partition coefficient (Wildman–Crippen LogP) is 5.59. The summed E-state index contributed by atoms with van der Waals surface area (Å²) in [7, 11) is 0. The molecule has 4 aromatic rings. The summed E-state index contributed by atoms with van der Waals surface area (Å²) in [5.41, 5.74) is 6.61. The van der Waals surface area contributed by atoms with Crippen molar-refractivity contribution in [1.29, 1.82) is 0 Å². The molecule has 2 aromatic heterocycles. The van der Waals surface area contributed by atoms with Crippen molar-refractivity contribution in [3.63, 3.8) is 0 Å². The second kappa shape index (κ2) is 5.95. The number of benzene rings is 2. The highest BCUT2D eigenvalue weighted by Crippen LogP contribution is 2.29. The lowest BCUT2D eigenvalue weighted by molar-refractivity contribution is 0.934. The van der Waals surface area contributed by atoms with Gasteiger partial charge in [0.2, 0.25) is 0 Å². The minimum Gasteiger partial charge on any atom is -0.228 e. The van der Waals surface area contributed by atoms with Crippen LogP contribution in [0.2, 0.25) is 0 Å². The Hall–Kier alpha value is -3.20. The number of fused-ring (bicyclic) bond motifs is 3. The fraction of sp³-hybridized carbons (Fsp3) is 0.130. The van der Waals surface area contributed by atoms with E-state index in [1.165, 1.54) is 11.1 Å². The molecule has 0 bridgehead atoms. The van der Waals surface area contributed by atoms with E-state index in [9.17, 15) is 0 Å². The molecule has 1 aliphatic rings. The average molecular weight is 337 g/mol. The molecule has 0 fully saturated rings. The van der Waals surface area contributed by atoms with Crippen LogP contribution in [0.1, 0.15) is 24.1 Å². The van der Waals surface area contributed by atoms with E-state index in [-0.39, 0.29) is 0 Å². The number of nitrogens with zero attached hydrogens (tertiary/aromatic N) is 3. The van der Waals surface area contributed by atoms with E-state index in [0.717, 1.165) is 46.3 Å². The Morgan fingerprint density at radius 2 is 1.81 bits per heavy atom. The van der Waals surface area contributed by atoms with Gasteiger partial charge in [-0.1, -0.05) is 66.3 Å². The number of allylic oxidation sites excluding steroid dienone is 4. The molecular formula is C23H19N3. The molecule has 0 saturated heterocycles. The number of aryl methyl sites for hydroxylation is 1. The zero-order valence-corrected chi connectivity index (χ0v) is 14.7. The second-order valence-corrected chi connectivity index (χ2v) is 6.78. The van der Waals surface area contributed by atoms with Gasteiger partial charge in [0.1, 0.15) is 0 Å². The molecule has 1 aliphatic carbocycles. The Kier molecular flexibility index (Phi) is 3.45. The van der Waals surface area contributed by atoms with E-state index in [4.69, 9.17) is 10.1 Å². The summed E-state index contributed by atoms with van der Waals surface area (Å²) in [4.78, 5) is 4.92. The Labute approximate surface area is 152 Å². The molecule has 0 saturated carbocycles. The van der Waals surface area contributed by atoms with Gasteiger partial charge in [0.05, 0.1) is 16.7 Å². The summed E-state index contributed by atoms with van der Waals surface area (Å²) in [6.07, 6.45) is 8.84.